The predicted octanol–water partition coefficient (Wildman–Crippen LogP) is 3.82. The standard InChI is InChI=1S/C7H11ClF3O3PS/c1-3-13-15(12,16-2)14-5-4-6(9,10)7(5,8)11/h5H,3-4H2,1-2H3. The van der Waals surface area contributed by atoms with Gasteiger partial charge in [-0.15, -0.1) is 0 Å². The van der Waals surface area contributed by atoms with Gasteiger partial charge in [-0.25, -0.2) is 17.7 Å². The SMILES string of the molecule is CCOP(=O)(OC1CC(F)(F)C1(F)Cl)SC. The fraction of sp³-hybridized carbons (Fsp3) is 1.00. The van der Waals surface area contributed by atoms with Gasteiger partial charge in [0.25, 0.3) is 5.13 Å². The number of hydrogen-bond acceptors (Lipinski definition) is 4. The van der Waals surface area contributed by atoms with Crippen LogP contribution in [0.2, 0.25) is 0 Å². The maximum absolute atomic E-state index is 13.3. The van der Waals surface area contributed by atoms with Crippen molar-refractivity contribution in [1.82, 2.24) is 0 Å². The molecule has 3 unspecified atom stereocenters. The fourth-order valence-corrected chi connectivity index (χ4v) is 3.71. The summed E-state index contributed by atoms with van der Waals surface area (Å²) in [5.74, 6) is -3.66. The first-order valence-electron chi connectivity index (χ1n) is 4.43. The number of halogens is 4. The fourth-order valence-electron chi connectivity index (χ4n) is 1.15. The normalized spacial score (nSPS) is 36.5. The van der Waals surface area contributed by atoms with E-state index >= 15 is 0 Å². The zero-order chi connectivity index (χ0) is 12.6. The van der Waals surface area contributed by atoms with Crippen molar-refractivity contribution in [2.24, 2.45) is 0 Å². The van der Waals surface area contributed by atoms with E-state index in [2.05, 4.69) is 0 Å². The average molecular weight is 299 g/mol. The monoisotopic (exact) mass is 298 g/mol. The molecule has 0 heterocycles. The second-order valence-corrected chi connectivity index (χ2v) is 7.89. The summed E-state index contributed by atoms with van der Waals surface area (Å²) in [5.41, 5.74) is 0. The summed E-state index contributed by atoms with van der Waals surface area (Å²) in [4.78, 5) is 0. The highest BCUT2D eigenvalue weighted by molar-refractivity contribution is 8.54. The van der Waals surface area contributed by atoms with Gasteiger partial charge in [0, 0.05) is 6.42 Å². The minimum Gasteiger partial charge on any atom is -0.301 e. The van der Waals surface area contributed by atoms with Gasteiger partial charge in [0.1, 0.15) is 6.10 Å². The van der Waals surface area contributed by atoms with E-state index in [1.807, 2.05) is 0 Å². The molecule has 0 radical (unpaired) electrons. The topological polar surface area (TPSA) is 35.5 Å². The van der Waals surface area contributed by atoms with E-state index in [1.54, 1.807) is 6.92 Å². The maximum Gasteiger partial charge on any atom is 0.389 e. The second-order valence-electron chi connectivity index (χ2n) is 3.17. The van der Waals surface area contributed by atoms with Crippen molar-refractivity contribution in [2.75, 3.05) is 12.9 Å². The summed E-state index contributed by atoms with van der Waals surface area (Å²) in [7, 11) is 0. The first-order valence-corrected chi connectivity index (χ1v) is 8.18. The lowest BCUT2D eigenvalue weighted by Crippen LogP contribution is -2.62. The Morgan fingerprint density at radius 1 is 1.56 bits per heavy atom. The lowest BCUT2D eigenvalue weighted by Gasteiger charge is -2.45. The van der Waals surface area contributed by atoms with Gasteiger partial charge in [0.2, 0.25) is 0 Å². The Labute approximate surface area is 100 Å². The average Bonchev–Trinajstić information content (AvgIpc) is 2.17. The summed E-state index contributed by atoms with van der Waals surface area (Å²) in [6.07, 6.45) is -1.10. The number of rotatable bonds is 5. The zero-order valence-corrected chi connectivity index (χ0v) is 11.1. The molecule has 0 saturated heterocycles. The third-order valence-electron chi connectivity index (χ3n) is 2.10. The van der Waals surface area contributed by atoms with Crippen molar-refractivity contribution in [3.05, 3.63) is 0 Å². The molecule has 0 aromatic heterocycles. The summed E-state index contributed by atoms with van der Waals surface area (Å²) in [5, 5.41) is -3.31. The molecule has 3 nitrogen and oxygen atoms in total. The Hall–Kier alpha value is 0.580. The molecular weight excluding hydrogens is 288 g/mol. The van der Waals surface area contributed by atoms with Gasteiger partial charge in [0.15, 0.2) is 0 Å². The third kappa shape index (κ3) is 2.53. The van der Waals surface area contributed by atoms with Crippen molar-refractivity contribution < 1.29 is 26.8 Å². The van der Waals surface area contributed by atoms with Gasteiger partial charge in [-0.05, 0) is 24.6 Å². The summed E-state index contributed by atoms with van der Waals surface area (Å²) < 4.78 is 59.9. The molecule has 96 valence electrons. The molecule has 1 saturated carbocycles. The van der Waals surface area contributed by atoms with Crippen molar-refractivity contribution in [2.45, 2.75) is 30.5 Å². The first kappa shape index (κ1) is 14.6. The lowest BCUT2D eigenvalue weighted by molar-refractivity contribution is -0.225. The van der Waals surface area contributed by atoms with Crippen LogP contribution in [-0.4, -0.2) is 30.0 Å². The molecule has 0 aromatic rings. The van der Waals surface area contributed by atoms with Crippen molar-refractivity contribution >= 4 is 29.8 Å². The zero-order valence-electron chi connectivity index (χ0n) is 8.58. The van der Waals surface area contributed by atoms with Crippen LogP contribution in [-0.2, 0) is 13.6 Å². The Balaban J connectivity index is 2.67. The highest BCUT2D eigenvalue weighted by atomic mass is 35.5. The highest BCUT2D eigenvalue weighted by Crippen LogP contribution is 2.65. The molecule has 0 bridgehead atoms. The van der Waals surface area contributed by atoms with E-state index in [-0.39, 0.29) is 6.61 Å². The minimum absolute atomic E-state index is 0.0722. The van der Waals surface area contributed by atoms with Crippen LogP contribution in [0.15, 0.2) is 0 Å². The number of hydrogen-bond donors (Lipinski definition) is 0. The van der Waals surface area contributed by atoms with Crippen LogP contribution in [0.5, 0.6) is 0 Å². The second kappa shape index (κ2) is 4.69. The molecule has 1 aliphatic carbocycles. The molecule has 0 aromatic carbocycles. The smallest absolute Gasteiger partial charge is 0.301 e. The maximum atomic E-state index is 13.3. The van der Waals surface area contributed by atoms with Crippen LogP contribution >= 0.6 is 29.8 Å². The van der Waals surface area contributed by atoms with Gasteiger partial charge in [0.05, 0.1) is 6.61 Å². The Bertz CT molecular complexity index is 315. The number of alkyl halides is 4. The largest absolute Gasteiger partial charge is 0.389 e. The molecule has 0 aliphatic heterocycles. The van der Waals surface area contributed by atoms with Crippen LogP contribution in [0.25, 0.3) is 0 Å². The molecule has 0 spiro atoms. The van der Waals surface area contributed by atoms with Crippen LogP contribution in [0.4, 0.5) is 13.2 Å². The summed E-state index contributed by atoms with van der Waals surface area (Å²) >= 11 is 5.71. The Morgan fingerprint density at radius 3 is 2.44 bits per heavy atom. The van der Waals surface area contributed by atoms with E-state index in [1.165, 1.54) is 6.26 Å². The molecule has 16 heavy (non-hydrogen) atoms. The quantitative estimate of drug-likeness (QED) is 0.571. The minimum atomic E-state index is -3.66. The highest BCUT2D eigenvalue weighted by Gasteiger charge is 2.71. The van der Waals surface area contributed by atoms with E-state index < -0.39 is 30.4 Å². The molecule has 0 N–H and O–H groups in total. The summed E-state index contributed by atoms with van der Waals surface area (Å²) in [6.45, 7) is -1.97. The summed E-state index contributed by atoms with van der Waals surface area (Å²) in [6, 6.07) is 0. The van der Waals surface area contributed by atoms with Crippen LogP contribution in [0.3, 0.4) is 0 Å². The van der Waals surface area contributed by atoms with Crippen molar-refractivity contribution in [3.63, 3.8) is 0 Å². The van der Waals surface area contributed by atoms with Crippen molar-refractivity contribution in [1.29, 1.82) is 0 Å². The molecule has 9 heteroatoms. The van der Waals surface area contributed by atoms with Crippen LogP contribution in [0, 0.1) is 0 Å². The lowest BCUT2D eigenvalue weighted by atomic mass is 9.88. The van der Waals surface area contributed by atoms with E-state index in [0.717, 1.165) is 0 Å². The first-order chi connectivity index (χ1) is 7.18. The van der Waals surface area contributed by atoms with Gasteiger partial charge < -0.3 is 4.52 Å². The van der Waals surface area contributed by atoms with Gasteiger partial charge in [-0.3, -0.25) is 4.52 Å². The molecule has 3 atom stereocenters. The van der Waals surface area contributed by atoms with Crippen molar-refractivity contribution in [3.8, 4) is 0 Å². The van der Waals surface area contributed by atoms with Gasteiger partial charge in [-0.2, -0.15) is 0 Å². The molecule has 0 amide bonds. The van der Waals surface area contributed by atoms with E-state index in [0.29, 0.717) is 11.4 Å². The van der Waals surface area contributed by atoms with Gasteiger partial charge in [-0.1, -0.05) is 11.6 Å². The van der Waals surface area contributed by atoms with E-state index in [4.69, 9.17) is 20.6 Å². The molecular formula is C7H11ClF3O3PS. The van der Waals surface area contributed by atoms with E-state index in [9.17, 15) is 17.7 Å². The Kier molecular flexibility index (Phi) is 4.29. The third-order valence-corrected chi connectivity index (χ3v) is 6.07. The molecule has 1 aliphatic rings. The molecule has 1 fully saturated rings. The van der Waals surface area contributed by atoms with Gasteiger partial charge >= 0.3 is 12.7 Å². The van der Waals surface area contributed by atoms with Crippen LogP contribution in [0.1, 0.15) is 13.3 Å². The molecule has 1 rings (SSSR count). The van der Waals surface area contributed by atoms with Crippen LogP contribution < -0.4 is 0 Å². The Morgan fingerprint density at radius 2 is 2.12 bits per heavy atom. The predicted molar refractivity (Wildman–Crippen MR) is 56.9 cm³/mol.